The fourth-order valence-corrected chi connectivity index (χ4v) is 3.92. The van der Waals surface area contributed by atoms with Gasteiger partial charge < -0.3 is 14.7 Å². The molecule has 3 aromatic carbocycles. The van der Waals surface area contributed by atoms with Crippen LogP contribution in [0.2, 0.25) is 0 Å². The number of nitro groups is 1. The van der Waals surface area contributed by atoms with Crippen molar-refractivity contribution in [1.82, 2.24) is 0 Å². The van der Waals surface area contributed by atoms with Gasteiger partial charge in [0.15, 0.2) is 0 Å². The van der Waals surface area contributed by atoms with Gasteiger partial charge in [-0.15, -0.1) is 0 Å². The van der Waals surface area contributed by atoms with Gasteiger partial charge in [0.25, 0.3) is 5.69 Å². The Balaban J connectivity index is 1.78. The number of benzene rings is 3. The fraction of sp³-hybridized carbons (Fsp3) is 0.174. The van der Waals surface area contributed by atoms with Crippen LogP contribution in [0.3, 0.4) is 0 Å². The van der Waals surface area contributed by atoms with Crippen molar-refractivity contribution >= 4 is 17.3 Å². The highest BCUT2D eigenvalue weighted by Crippen LogP contribution is 2.46. The van der Waals surface area contributed by atoms with Gasteiger partial charge in [-0.3, -0.25) is 14.9 Å². The minimum absolute atomic E-state index is 0.107. The van der Waals surface area contributed by atoms with Gasteiger partial charge in [-0.1, -0.05) is 30.3 Å². The summed E-state index contributed by atoms with van der Waals surface area (Å²) < 4.78 is 19.8. The number of anilines is 1. The summed E-state index contributed by atoms with van der Waals surface area (Å²) in [6.45, 7) is 0. The Morgan fingerprint density at radius 2 is 1.77 bits per heavy atom. The Labute approximate surface area is 177 Å². The first-order chi connectivity index (χ1) is 14.9. The van der Waals surface area contributed by atoms with Crippen molar-refractivity contribution in [3.8, 4) is 5.75 Å². The highest BCUT2D eigenvalue weighted by Gasteiger charge is 2.53. The SMILES string of the molecule is COc1ccc(N2C(=O)[C@@H](c3cc([N+](=O)[O-])ccc3F)[C@@H]2[C@H](O)c2ccccc2)cc1. The number of amides is 1. The molecular formula is C23H19FN2O5. The van der Waals surface area contributed by atoms with Crippen LogP contribution >= 0.6 is 0 Å². The number of carbonyl (C=O) groups excluding carboxylic acids is 1. The Morgan fingerprint density at radius 1 is 1.10 bits per heavy atom. The number of carbonyl (C=O) groups is 1. The Kier molecular flexibility index (Phi) is 5.39. The molecule has 1 aliphatic heterocycles. The molecule has 3 atom stereocenters. The van der Waals surface area contributed by atoms with Gasteiger partial charge in [-0.2, -0.15) is 0 Å². The zero-order valence-corrected chi connectivity index (χ0v) is 16.5. The number of methoxy groups -OCH3 is 1. The van der Waals surface area contributed by atoms with Crippen molar-refractivity contribution in [2.45, 2.75) is 18.1 Å². The van der Waals surface area contributed by atoms with E-state index < -0.39 is 34.7 Å². The summed E-state index contributed by atoms with van der Waals surface area (Å²) >= 11 is 0. The molecule has 8 heteroatoms. The maximum absolute atomic E-state index is 14.7. The predicted octanol–water partition coefficient (Wildman–Crippen LogP) is 3.98. The van der Waals surface area contributed by atoms with Gasteiger partial charge in [0, 0.05) is 23.4 Å². The molecule has 0 aromatic heterocycles. The Morgan fingerprint density at radius 3 is 2.39 bits per heavy atom. The van der Waals surface area contributed by atoms with E-state index in [0.717, 1.165) is 18.2 Å². The lowest BCUT2D eigenvalue weighted by Crippen LogP contribution is -2.62. The molecule has 7 nitrogen and oxygen atoms in total. The lowest BCUT2D eigenvalue weighted by Gasteiger charge is -2.49. The first-order valence-electron chi connectivity index (χ1n) is 9.56. The van der Waals surface area contributed by atoms with Gasteiger partial charge in [0.1, 0.15) is 17.7 Å². The topological polar surface area (TPSA) is 92.9 Å². The molecule has 0 radical (unpaired) electrons. The average Bonchev–Trinajstić information content (AvgIpc) is 2.79. The van der Waals surface area contributed by atoms with Crippen LogP contribution in [0.5, 0.6) is 5.75 Å². The largest absolute Gasteiger partial charge is 0.497 e. The zero-order chi connectivity index (χ0) is 22.1. The number of ether oxygens (including phenoxy) is 1. The number of nitro benzene ring substituents is 1. The molecule has 1 aliphatic rings. The zero-order valence-electron chi connectivity index (χ0n) is 16.5. The molecule has 1 heterocycles. The highest BCUT2D eigenvalue weighted by atomic mass is 19.1. The van der Waals surface area contributed by atoms with E-state index in [0.29, 0.717) is 17.0 Å². The number of hydrogen-bond acceptors (Lipinski definition) is 5. The van der Waals surface area contributed by atoms with Crippen LogP contribution in [-0.2, 0) is 4.79 Å². The van der Waals surface area contributed by atoms with E-state index in [1.54, 1.807) is 54.6 Å². The Hall–Kier alpha value is -3.78. The molecule has 1 amide bonds. The van der Waals surface area contributed by atoms with E-state index in [4.69, 9.17) is 4.74 Å². The number of aliphatic hydroxyl groups excluding tert-OH is 1. The van der Waals surface area contributed by atoms with Crippen molar-refractivity contribution in [2.24, 2.45) is 0 Å². The van der Waals surface area contributed by atoms with Gasteiger partial charge in [0.2, 0.25) is 5.91 Å². The third-order valence-electron chi connectivity index (χ3n) is 5.48. The summed E-state index contributed by atoms with van der Waals surface area (Å²) in [5.74, 6) is -1.66. The predicted molar refractivity (Wildman–Crippen MR) is 111 cm³/mol. The third kappa shape index (κ3) is 3.62. The molecular weight excluding hydrogens is 403 g/mol. The normalized spacial score (nSPS) is 18.9. The summed E-state index contributed by atoms with van der Waals surface area (Å²) in [7, 11) is 1.52. The van der Waals surface area contributed by atoms with Crippen molar-refractivity contribution in [2.75, 3.05) is 12.0 Å². The van der Waals surface area contributed by atoms with Crippen LogP contribution in [0.15, 0.2) is 72.8 Å². The fourth-order valence-electron chi connectivity index (χ4n) is 3.92. The minimum Gasteiger partial charge on any atom is -0.497 e. The minimum atomic E-state index is -1.13. The van der Waals surface area contributed by atoms with Crippen LogP contribution < -0.4 is 9.64 Å². The summed E-state index contributed by atoms with van der Waals surface area (Å²) in [6.07, 6.45) is -1.13. The van der Waals surface area contributed by atoms with E-state index in [1.165, 1.54) is 12.0 Å². The second kappa shape index (κ2) is 8.16. The van der Waals surface area contributed by atoms with E-state index in [2.05, 4.69) is 0 Å². The van der Waals surface area contributed by atoms with E-state index in [-0.39, 0.29) is 11.3 Å². The summed E-state index contributed by atoms with van der Waals surface area (Å²) in [5.41, 5.74) is 0.631. The summed E-state index contributed by atoms with van der Waals surface area (Å²) in [4.78, 5) is 25.1. The van der Waals surface area contributed by atoms with Crippen LogP contribution in [0.4, 0.5) is 15.8 Å². The van der Waals surface area contributed by atoms with Gasteiger partial charge >= 0.3 is 0 Å². The van der Waals surface area contributed by atoms with E-state index in [1.807, 2.05) is 0 Å². The van der Waals surface area contributed by atoms with E-state index in [9.17, 15) is 24.4 Å². The lowest BCUT2D eigenvalue weighted by molar-refractivity contribution is -0.385. The molecule has 1 N–H and O–H groups in total. The standard InChI is InChI=1S/C23H19FN2O5/c1-31-17-10-7-15(8-11-17)25-21(22(27)14-5-3-2-4-6-14)20(23(25)28)18-13-16(26(29)30)9-12-19(18)24/h2-13,20-22,27H,1H3/t20-,21+,22+/m0/s1. The van der Waals surface area contributed by atoms with E-state index >= 15 is 0 Å². The first-order valence-corrected chi connectivity index (χ1v) is 9.56. The number of nitrogens with zero attached hydrogens (tertiary/aromatic N) is 2. The monoisotopic (exact) mass is 422 g/mol. The molecule has 0 unspecified atom stereocenters. The number of halogens is 1. The summed E-state index contributed by atoms with van der Waals surface area (Å²) in [6, 6.07) is 17.6. The second-order valence-electron chi connectivity index (χ2n) is 7.19. The molecule has 1 fully saturated rings. The quantitative estimate of drug-likeness (QED) is 0.369. The maximum atomic E-state index is 14.7. The molecule has 0 saturated carbocycles. The van der Waals surface area contributed by atoms with Gasteiger partial charge in [0.05, 0.1) is 24.0 Å². The molecule has 3 aromatic rings. The molecule has 0 aliphatic carbocycles. The van der Waals surface area contributed by atoms with Crippen LogP contribution in [-0.4, -0.2) is 29.1 Å². The summed E-state index contributed by atoms with van der Waals surface area (Å²) in [5, 5.41) is 22.3. The number of β-lactam (4-membered cyclic amide) rings is 1. The molecule has 1 saturated heterocycles. The lowest BCUT2D eigenvalue weighted by atomic mass is 9.76. The van der Waals surface area contributed by atoms with Crippen LogP contribution in [0.1, 0.15) is 23.1 Å². The number of non-ortho nitro benzene ring substituents is 1. The third-order valence-corrected chi connectivity index (χ3v) is 5.48. The number of aliphatic hydroxyl groups is 1. The maximum Gasteiger partial charge on any atom is 0.269 e. The molecule has 158 valence electrons. The van der Waals surface area contributed by atoms with Crippen molar-refractivity contribution < 1.29 is 24.0 Å². The molecule has 0 spiro atoms. The Bertz CT molecular complexity index is 1120. The number of rotatable bonds is 6. The molecule has 31 heavy (non-hydrogen) atoms. The molecule has 0 bridgehead atoms. The number of hydrogen-bond donors (Lipinski definition) is 1. The first kappa shape index (κ1) is 20.5. The average molecular weight is 422 g/mol. The van der Waals surface area contributed by atoms with Gasteiger partial charge in [-0.25, -0.2) is 4.39 Å². The van der Waals surface area contributed by atoms with Crippen LogP contribution in [0, 0.1) is 15.9 Å². The van der Waals surface area contributed by atoms with Crippen molar-refractivity contribution in [3.63, 3.8) is 0 Å². The van der Waals surface area contributed by atoms with Crippen molar-refractivity contribution in [3.05, 3.63) is 99.9 Å². The highest BCUT2D eigenvalue weighted by molar-refractivity contribution is 6.06. The molecule has 4 rings (SSSR count). The second-order valence-corrected chi connectivity index (χ2v) is 7.19. The van der Waals surface area contributed by atoms with Crippen molar-refractivity contribution in [1.29, 1.82) is 0 Å². The smallest absolute Gasteiger partial charge is 0.269 e. The van der Waals surface area contributed by atoms with Crippen LogP contribution in [0.25, 0.3) is 0 Å². The van der Waals surface area contributed by atoms with Gasteiger partial charge in [-0.05, 0) is 35.9 Å².